The molecule has 2 aromatic heterocycles. The van der Waals surface area contributed by atoms with Crippen molar-refractivity contribution in [1.82, 2.24) is 35.5 Å². The van der Waals surface area contributed by atoms with Crippen molar-refractivity contribution in [2.75, 3.05) is 27.3 Å². The van der Waals surface area contributed by atoms with Crippen LogP contribution >= 0.6 is 0 Å². The van der Waals surface area contributed by atoms with Crippen LogP contribution in [0.4, 0.5) is 0 Å². The number of nitrogens with one attached hydrogen (secondary N) is 3. The van der Waals surface area contributed by atoms with Gasteiger partial charge in [0.2, 0.25) is 11.8 Å². The van der Waals surface area contributed by atoms with Crippen molar-refractivity contribution in [1.29, 1.82) is 0 Å². The number of hydrazine groups is 1. The van der Waals surface area contributed by atoms with E-state index < -0.39 is 41.3 Å². The Kier molecular flexibility index (Phi) is 12.4. The number of hydrogen-bond donors (Lipinski definition) is 4. The molecule has 6 bridgehead atoms. The number of esters is 1. The lowest BCUT2D eigenvalue weighted by atomic mass is 9.84. The van der Waals surface area contributed by atoms with Crippen LogP contribution in [0.1, 0.15) is 90.2 Å². The Bertz CT molecular complexity index is 2400. The van der Waals surface area contributed by atoms with Gasteiger partial charge in [-0.2, -0.15) is 0 Å². The van der Waals surface area contributed by atoms with E-state index in [1.165, 1.54) is 5.01 Å². The molecule has 63 heavy (non-hydrogen) atoms. The molecule has 3 amide bonds. The smallest absolute Gasteiger partial charge is 0.324 e. The number of hydrogen-bond acceptors (Lipinski definition) is 10. The lowest BCUT2D eigenvalue weighted by molar-refractivity contribution is -0.155. The molecule has 3 aliphatic heterocycles. The Balaban J connectivity index is 1.22. The predicted octanol–water partition coefficient (Wildman–Crippen LogP) is 5.69. The molecule has 1 aliphatic carbocycles. The number of carbonyl (C=O) groups is 4. The van der Waals surface area contributed by atoms with Gasteiger partial charge in [0, 0.05) is 79.7 Å². The van der Waals surface area contributed by atoms with E-state index in [2.05, 4.69) is 59.6 Å². The number of carbonyl (C=O) groups excluding carboxylic acids is 4. The zero-order chi connectivity index (χ0) is 44.9. The lowest BCUT2D eigenvalue weighted by Crippen LogP contribution is -2.62. The van der Waals surface area contributed by atoms with E-state index in [0.29, 0.717) is 50.0 Å². The number of benzene rings is 2. The number of ether oxygens (including phenoxy) is 2. The Morgan fingerprint density at radius 1 is 1.08 bits per heavy atom. The molecular weight excluding hydrogens is 799 g/mol. The number of aromatic hydroxyl groups is 1. The fraction of sp³-hybridized carbons (Fsp3) is 0.531. The predicted molar refractivity (Wildman–Crippen MR) is 240 cm³/mol. The van der Waals surface area contributed by atoms with Crippen LogP contribution in [0.25, 0.3) is 33.3 Å². The number of aromatic nitrogens is 2. The van der Waals surface area contributed by atoms with Gasteiger partial charge in [0.1, 0.15) is 23.9 Å². The summed E-state index contributed by atoms with van der Waals surface area (Å²) >= 11 is 0. The highest BCUT2D eigenvalue weighted by atomic mass is 16.5. The van der Waals surface area contributed by atoms with Crippen LogP contribution in [0.5, 0.6) is 5.75 Å². The molecule has 4 N–H and O–H groups in total. The molecule has 0 spiro atoms. The zero-order valence-electron chi connectivity index (χ0n) is 37.9. The number of cyclic esters (lactones) is 1. The largest absolute Gasteiger partial charge is 0.508 e. The van der Waals surface area contributed by atoms with Crippen LogP contribution < -0.4 is 16.1 Å². The SMILES string of the molecule is CCn1c(-c2cccnc2[C@H](C)OC)c2c3cc(ccc31)-c1cc(O)cc(c1)C[C@H](NC(=O)[C@H](C(C)C)N(C)C(=O)C1C[C@@H]3N[C@@H]3C1)C(=O)N1CCC[C@H](N1)C(=O)OCC(C)(C)C2. The fourth-order valence-corrected chi connectivity index (χ4v) is 10.3. The van der Waals surface area contributed by atoms with Crippen LogP contribution in [0, 0.1) is 17.3 Å². The maximum atomic E-state index is 14.7. The molecule has 2 aromatic carbocycles. The summed E-state index contributed by atoms with van der Waals surface area (Å²) in [6.07, 6.45) is 4.62. The second-order valence-electron chi connectivity index (χ2n) is 19.2. The van der Waals surface area contributed by atoms with Gasteiger partial charge in [-0.05, 0) is 111 Å². The van der Waals surface area contributed by atoms with Crippen molar-refractivity contribution < 1.29 is 33.8 Å². The van der Waals surface area contributed by atoms with Gasteiger partial charge < -0.3 is 34.7 Å². The van der Waals surface area contributed by atoms with E-state index in [1.54, 1.807) is 37.4 Å². The minimum atomic E-state index is -1.10. The van der Waals surface area contributed by atoms with Gasteiger partial charge in [-0.25, -0.2) is 5.43 Å². The van der Waals surface area contributed by atoms with Crippen molar-refractivity contribution in [3.8, 4) is 28.1 Å². The number of phenolic OH excluding ortho intramolecular Hbond substituents is 1. The van der Waals surface area contributed by atoms with E-state index in [9.17, 15) is 24.3 Å². The van der Waals surface area contributed by atoms with Gasteiger partial charge in [-0.1, -0.05) is 39.8 Å². The van der Waals surface area contributed by atoms with E-state index in [1.807, 2.05) is 39.0 Å². The normalized spacial score (nSPS) is 24.3. The highest BCUT2D eigenvalue weighted by Crippen LogP contribution is 2.42. The first-order chi connectivity index (χ1) is 30.1. The highest BCUT2D eigenvalue weighted by Gasteiger charge is 2.49. The quantitative estimate of drug-likeness (QED) is 0.121. The number of methoxy groups -OCH3 is 1. The Labute approximate surface area is 370 Å². The monoisotopic (exact) mass is 861 g/mol. The average molecular weight is 862 g/mol. The van der Waals surface area contributed by atoms with Crippen molar-refractivity contribution in [3.63, 3.8) is 0 Å². The van der Waals surface area contributed by atoms with Crippen LogP contribution in [-0.2, 0) is 48.0 Å². The Morgan fingerprint density at radius 2 is 1.84 bits per heavy atom. The van der Waals surface area contributed by atoms with Crippen LogP contribution in [0.15, 0.2) is 54.7 Å². The summed E-state index contributed by atoms with van der Waals surface area (Å²) in [5.74, 6) is -1.78. The first-order valence-electron chi connectivity index (χ1n) is 22.6. The number of fused-ring (bicyclic) bond motifs is 7. The molecule has 14 heteroatoms. The number of rotatable bonds is 9. The highest BCUT2D eigenvalue weighted by molar-refractivity contribution is 5.96. The molecule has 2 saturated heterocycles. The molecule has 0 radical (unpaired) electrons. The Morgan fingerprint density at radius 3 is 2.56 bits per heavy atom. The molecule has 3 fully saturated rings. The summed E-state index contributed by atoms with van der Waals surface area (Å²) < 4.78 is 14.2. The second kappa shape index (κ2) is 17.7. The molecular formula is C49H63N7O7. The number of phenols is 1. The molecule has 1 unspecified atom stereocenters. The van der Waals surface area contributed by atoms with Crippen molar-refractivity contribution in [2.24, 2.45) is 17.3 Å². The number of aryl methyl sites for hydroxylation is 1. The maximum absolute atomic E-state index is 14.7. The summed E-state index contributed by atoms with van der Waals surface area (Å²) in [7, 11) is 3.36. The third kappa shape index (κ3) is 8.94. The number of pyridine rings is 1. The third-order valence-corrected chi connectivity index (χ3v) is 13.6. The number of amides is 3. The molecule has 336 valence electrons. The molecule has 1 saturated carbocycles. The van der Waals surface area contributed by atoms with Crippen molar-refractivity contribution in [2.45, 2.75) is 123 Å². The first-order valence-corrected chi connectivity index (χ1v) is 22.6. The maximum Gasteiger partial charge on any atom is 0.324 e. The number of likely N-dealkylation sites (N-methyl/N-ethyl adjacent to an activating group) is 1. The van der Waals surface area contributed by atoms with Gasteiger partial charge in [0.15, 0.2) is 0 Å². The number of nitrogens with zero attached hydrogens (tertiary/aromatic N) is 4. The first kappa shape index (κ1) is 44.3. The van der Waals surface area contributed by atoms with Gasteiger partial charge in [-0.3, -0.25) is 29.2 Å². The summed E-state index contributed by atoms with van der Waals surface area (Å²) in [5.41, 5.74) is 9.75. The third-order valence-electron chi connectivity index (χ3n) is 13.6. The van der Waals surface area contributed by atoms with Gasteiger partial charge in [0.25, 0.3) is 5.91 Å². The molecule has 8 rings (SSSR count). The van der Waals surface area contributed by atoms with Crippen molar-refractivity contribution in [3.05, 3.63) is 71.5 Å². The fourth-order valence-electron chi connectivity index (χ4n) is 10.3. The van der Waals surface area contributed by atoms with Crippen LogP contribution in [0.3, 0.4) is 0 Å². The standard InChI is InChI=1S/C49H63N7O7/c1-9-55-41-15-14-30-22-35(41)36(44(55)34-12-10-16-50-42(34)28(4)62-8)25-49(5,6)26-63-48(61)37-13-11-17-56(53-37)47(60)40(20-29-18-31(30)21-33(57)19-29)52-45(58)43(27(2)3)54(7)46(59)32-23-38-39(24-32)51-38/h10,12,14-16,18-19,21-22,27-28,32,37-40,43,51,53,57H,9,11,13,17,20,23-26H2,1-8H3,(H,52,58)/t28-,32?,37-,38-,39+,40-,43-/m0/s1. The zero-order valence-corrected chi connectivity index (χ0v) is 37.9. The Hall–Kier alpha value is -5.31. The average Bonchev–Trinajstić information content (AvgIpc) is 3.75. The minimum absolute atomic E-state index is 0.0182. The van der Waals surface area contributed by atoms with E-state index in [4.69, 9.17) is 14.5 Å². The minimum Gasteiger partial charge on any atom is -0.508 e. The topological polar surface area (TPSA) is 177 Å². The molecule has 14 nitrogen and oxygen atoms in total. The molecule has 5 heterocycles. The second-order valence-corrected chi connectivity index (χ2v) is 19.2. The molecule has 4 aliphatic rings. The van der Waals surface area contributed by atoms with E-state index >= 15 is 0 Å². The summed E-state index contributed by atoms with van der Waals surface area (Å²) in [4.78, 5) is 63.1. The van der Waals surface area contributed by atoms with Gasteiger partial charge in [-0.15, -0.1) is 0 Å². The number of piperidine rings is 1. The van der Waals surface area contributed by atoms with E-state index in [0.717, 1.165) is 57.4 Å². The summed E-state index contributed by atoms with van der Waals surface area (Å²) in [5, 5.41) is 20.2. The van der Waals surface area contributed by atoms with E-state index in [-0.39, 0.29) is 42.6 Å². The molecule has 7 atom stereocenters. The van der Waals surface area contributed by atoms with Crippen LogP contribution in [-0.4, -0.2) is 106 Å². The summed E-state index contributed by atoms with van der Waals surface area (Å²) in [6.45, 7) is 13.2. The van der Waals surface area contributed by atoms with Crippen molar-refractivity contribution >= 4 is 34.6 Å². The van der Waals surface area contributed by atoms with Gasteiger partial charge in [0.05, 0.1) is 24.1 Å². The van der Waals surface area contributed by atoms with Crippen LogP contribution in [0.2, 0.25) is 0 Å². The lowest BCUT2D eigenvalue weighted by Gasteiger charge is -2.37. The summed E-state index contributed by atoms with van der Waals surface area (Å²) in [6, 6.07) is 13.6. The van der Waals surface area contributed by atoms with Gasteiger partial charge >= 0.3 is 5.97 Å². The molecule has 4 aromatic rings.